The van der Waals surface area contributed by atoms with Crippen LogP contribution >= 0.6 is 0 Å². The van der Waals surface area contributed by atoms with Gasteiger partial charge in [0.05, 0.1) is 0 Å². The highest BCUT2D eigenvalue weighted by Crippen LogP contribution is 2.34. The van der Waals surface area contributed by atoms with Gasteiger partial charge in [-0.3, -0.25) is 19.7 Å². The van der Waals surface area contributed by atoms with Gasteiger partial charge in [0.15, 0.2) is 0 Å². The van der Waals surface area contributed by atoms with Gasteiger partial charge in [-0.2, -0.15) is 0 Å². The minimum atomic E-state index is -1.12. The highest BCUT2D eigenvalue weighted by molar-refractivity contribution is 6.07. The van der Waals surface area contributed by atoms with E-state index in [1.807, 2.05) is 0 Å². The van der Waals surface area contributed by atoms with E-state index >= 15 is 0 Å². The molecule has 1 aromatic rings. The molecule has 1 aromatic carbocycles. The summed E-state index contributed by atoms with van der Waals surface area (Å²) in [6.45, 7) is 2.06. The number of nitrogens with one attached hydrogen (secondary N) is 2. The summed E-state index contributed by atoms with van der Waals surface area (Å²) in [5.74, 6) is -1.05. The minimum Gasteiger partial charge on any atom is -0.465 e. The highest BCUT2D eigenvalue weighted by Gasteiger charge is 2.48. The van der Waals surface area contributed by atoms with Crippen molar-refractivity contribution in [2.24, 2.45) is 0 Å². The number of carboxylic acid groups (broad SMARTS) is 1. The Bertz CT molecular complexity index is 760. The van der Waals surface area contributed by atoms with E-state index in [1.165, 1.54) is 4.90 Å². The Balaban J connectivity index is 1.84. The van der Waals surface area contributed by atoms with Gasteiger partial charge in [-0.25, -0.2) is 4.79 Å². The van der Waals surface area contributed by atoms with Crippen LogP contribution in [0.4, 0.5) is 4.79 Å². The summed E-state index contributed by atoms with van der Waals surface area (Å²) < 4.78 is 0. The second-order valence-corrected chi connectivity index (χ2v) is 6.19. The third-order valence-corrected chi connectivity index (χ3v) is 4.59. The molecule has 0 aromatic heterocycles. The van der Waals surface area contributed by atoms with Crippen LogP contribution in [0.1, 0.15) is 41.3 Å². The number of rotatable bonds is 3. The SMILES string of the molecule is C[C@@]1(N2Cc3cc(CNC(=O)O)ccc3C2=O)CCC(=O)NC1=O. The summed E-state index contributed by atoms with van der Waals surface area (Å²) in [5.41, 5.74) is 0.915. The van der Waals surface area contributed by atoms with Crippen LogP contribution in [0.2, 0.25) is 0 Å². The Morgan fingerprint density at radius 2 is 2.12 bits per heavy atom. The molecule has 3 rings (SSSR count). The molecule has 1 saturated heterocycles. The number of piperidine rings is 1. The first-order chi connectivity index (χ1) is 11.3. The molecular formula is C16H17N3O5. The number of nitrogens with zero attached hydrogens (tertiary/aromatic N) is 1. The minimum absolute atomic E-state index is 0.142. The number of amides is 4. The molecule has 126 valence electrons. The summed E-state index contributed by atoms with van der Waals surface area (Å²) in [4.78, 5) is 48.3. The monoisotopic (exact) mass is 331 g/mol. The van der Waals surface area contributed by atoms with E-state index in [4.69, 9.17) is 5.11 Å². The van der Waals surface area contributed by atoms with Crippen LogP contribution in [0, 0.1) is 0 Å². The molecule has 24 heavy (non-hydrogen) atoms. The maximum Gasteiger partial charge on any atom is 0.404 e. The normalized spacial score (nSPS) is 23.0. The summed E-state index contributed by atoms with van der Waals surface area (Å²) in [6, 6.07) is 5.09. The third-order valence-electron chi connectivity index (χ3n) is 4.59. The Hall–Kier alpha value is -2.90. The first-order valence-electron chi connectivity index (χ1n) is 7.56. The van der Waals surface area contributed by atoms with Gasteiger partial charge in [0.25, 0.3) is 11.8 Å². The summed E-state index contributed by atoms with van der Waals surface area (Å²) >= 11 is 0. The topological polar surface area (TPSA) is 116 Å². The van der Waals surface area contributed by atoms with E-state index in [2.05, 4.69) is 10.6 Å². The molecule has 0 spiro atoms. The smallest absolute Gasteiger partial charge is 0.404 e. The lowest BCUT2D eigenvalue weighted by Gasteiger charge is -2.39. The van der Waals surface area contributed by atoms with E-state index in [1.54, 1.807) is 25.1 Å². The lowest BCUT2D eigenvalue weighted by Crippen LogP contribution is -2.61. The second-order valence-electron chi connectivity index (χ2n) is 6.19. The number of imide groups is 1. The van der Waals surface area contributed by atoms with Crippen molar-refractivity contribution in [2.75, 3.05) is 0 Å². The lowest BCUT2D eigenvalue weighted by atomic mass is 9.89. The molecule has 0 aliphatic carbocycles. The standard InChI is InChI=1S/C16H17N3O5/c1-16(5-4-12(20)18-14(16)22)19-8-10-6-9(7-17-15(23)24)2-3-11(10)13(19)21/h2-3,6,17H,4-5,7-8H2,1H3,(H,23,24)(H,18,20,22)/t16-/m1/s1. The van der Waals surface area contributed by atoms with Crippen molar-refractivity contribution < 1.29 is 24.3 Å². The van der Waals surface area contributed by atoms with Crippen molar-refractivity contribution in [3.8, 4) is 0 Å². The number of fused-ring (bicyclic) bond motifs is 1. The molecule has 1 fully saturated rings. The fourth-order valence-corrected chi connectivity index (χ4v) is 3.11. The van der Waals surface area contributed by atoms with Crippen molar-refractivity contribution in [2.45, 2.75) is 38.4 Å². The number of benzene rings is 1. The number of hydrogen-bond acceptors (Lipinski definition) is 4. The van der Waals surface area contributed by atoms with Crippen LogP contribution in [-0.2, 0) is 22.7 Å². The van der Waals surface area contributed by atoms with E-state index in [9.17, 15) is 19.2 Å². The maximum atomic E-state index is 12.7. The molecule has 4 amide bonds. The highest BCUT2D eigenvalue weighted by atomic mass is 16.4. The average Bonchev–Trinajstić information content (AvgIpc) is 2.86. The molecule has 2 aliphatic heterocycles. The quantitative estimate of drug-likeness (QED) is 0.702. The van der Waals surface area contributed by atoms with E-state index in [-0.39, 0.29) is 37.7 Å². The van der Waals surface area contributed by atoms with Gasteiger partial charge in [-0.15, -0.1) is 0 Å². The molecule has 0 bridgehead atoms. The molecule has 0 unspecified atom stereocenters. The van der Waals surface area contributed by atoms with Crippen LogP contribution in [0.5, 0.6) is 0 Å². The van der Waals surface area contributed by atoms with Crippen molar-refractivity contribution >= 4 is 23.8 Å². The Morgan fingerprint density at radius 1 is 1.38 bits per heavy atom. The summed E-state index contributed by atoms with van der Waals surface area (Å²) in [7, 11) is 0. The zero-order valence-corrected chi connectivity index (χ0v) is 13.1. The summed E-state index contributed by atoms with van der Waals surface area (Å²) in [5, 5.41) is 13.2. The molecule has 0 saturated carbocycles. The van der Waals surface area contributed by atoms with Gasteiger partial charge in [0.2, 0.25) is 5.91 Å². The van der Waals surface area contributed by atoms with Gasteiger partial charge in [-0.05, 0) is 30.5 Å². The predicted octanol–water partition coefficient (Wildman–Crippen LogP) is 0.605. The van der Waals surface area contributed by atoms with Crippen LogP contribution in [0.25, 0.3) is 0 Å². The van der Waals surface area contributed by atoms with E-state index in [0.29, 0.717) is 5.56 Å². The Labute approximate surface area is 137 Å². The van der Waals surface area contributed by atoms with Crippen molar-refractivity contribution in [1.29, 1.82) is 0 Å². The zero-order chi connectivity index (χ0) is 17.5. The Morgan fingerprint density at radius 3 is 2.79 bits per heavy atom. The van der Waals surface area contributed by atoms with Crippen LogP contribution in [0.15, 0.2) is 18.2 Å². The van der Waals surface area contributed by atoms with Gasteiger partial charge in [-0.1, -0.05) is 12.1 Å². The number of carbonyl (C=O) groups excluding carboxylic acids is 3. The molecule has 8 nitrogen and oxygen atoms in total. The van der Waals surface area contributed by atoms with Gasteiger partial charge < -0.3 is 15.3 Å². The largest absolute Gasteiger partial charge is 0.465 e. The van der Waals surface area contributed by atoms with Crippen LogP contribution < -0.4 is 10.6 Å². The molecule has 2 aliphatic rings. The van der Waals surface area contributed by atoms with Gasteiger partial charge in [0, 0.05) is 25.1 Å². The molecule has 3 N–H and O–H groups in total. The molecular weight excluding hydrogens is 314 g/mol. The van der Waals surface area contributed by atoms with E-state index in [0.717, 1.165) is 11.1 Å². The first-order valence-corrected chi connectivity index (χ1v) is 7.56. The fourth-order valence-electron chi connectivity index (χ4n) is 3.11. The molecule has 1 atom stereocenters. The molecule has 8 heteroatoms. The van der Waals surface area contributed by atoms with Crippen LogP contribution in [-0.4, -0.2) is 39.4 Å². The van der Waals surface area contributed by atoms with Gasteiger partial charge in [0.1, 0.15) is 5.54 Å². The summed E-state index contributed by atoms with van der Waals surface area (Å²) in [6.07, 6.45) is -0.648. The van der Waals surface area contributed by atoms with Crippen molar-refractivity contribution in [1.82, 2.24) is 15.5 Å². The fraction of sp³-hybridized carbons (Fsp3) is 0.375. The predicted molar refractivity (Wildman–Crippen MR) is 82.0 cm³/mol. The number of hydrogen-bond donors (Lipinski definition) is 3. The second kappa shape index (κ2) is 5.63. The molecule has 0 radical (unpaired) electrons. The first kappa shape index (κ1) is 16.0. The lowest BCUT2D eigenvalue weighted by molar-refractivity contribution is -0.142. The van der Waals surface area contributed by atoms with Crippen molar-refractivity contribution in [3.05, 3.63) is 34.9 Å². The maximum absolute atomic E-state index is 12.7. The van der Waals surface area contributed by atoms with Crippen molar-refractivity contribution in [3.63, 3.8) is 0 Å². The zero-order valence-electron chi connectivity index (χ0n) is 13.1. The van der Waals surface area contributed by atoms with Crippen LogP contribution in [0.3, 0.4) is 0 Å². The number of carbonyl (C=O) groups is 4. The third kappa shape index (κ3) is 2.60. The Kier molecular flexibility index (Phi) is 3.75. The van der Waals surface area contributed by atoms with E-state index < -0.39 is 17.5 Å². The van der Waals surface area contributed by atoms with Gasteiger partial charge >= 0.3 is 6.09 Å². The average molecular weight is 331 g/mol. The molecule has 2 heterocycles.